The molecule has 5 N–H and O–H groups in total. The molecule has 0 amide bonds. The fourth-order valence-electron chi connectivity index (χ4n) is 4.70. The average molecular weight is 604 g/mol. The van der Waals surface area contributed by atoms with Crippen LogP contribution in [0.15, 0.2) is 36.7 Å². The van der Waals surface area contributed by atoms with Gasteiger partial charge in [-0.1, -0.05) is 36.3 Å². The van der Waals surface area contributed by atoms with E-state index in [-0.39, 0.29) is 23.5 Å². The van der Waals surface area contributed by atoms with Crippen molar-refractivity contribution in [2.24, 2.45) is 5.92 Å². The van der Waals surface area contributed by atoms with Gasteiger partial charge in [-0.15, -0.1) is 6.42 Å². The zero-order valence-corrected chi connectivity index (χ0v) is 23.0. The number of hydrogen-bond acceptors (Lipinski definition) is 11. The molecule has 4 rings (SSSR count). The van der Waals surface area contributed by atoms with E-state index in [2.05, 4.69) is 20.9 Å². The number of carbonyl (C=O) groups is 2. The Morgan fingerprint density at radius 1 is 1.19 bits per heavy atom. The second-order valence-corrected chi connectivity index (χ2v) is 10.1. The minimum absolute atomic E-state index is 0.0121. The third-order valence-corrected chi connectivity index (χ3v) is 7.14. The van der Waals surface area contributed by atoms with Crippen molar-refractivity contribution in [1.82, 2.24) is 19.5 Å². The lowest BCUT2D eigenvalue weighted by atomic mass is 9.94. The molecule has 0 saturated carbocycles. The van der Waals surface area contributed by atoms with Gasteiger partial charge in [0.2, 0.25) is 5.28 Å². The summed E-state index contributed by atoms with van der Waals surface area (Å²) in [5.41, 5.74) is -1.85. The molecule has 2 aromatic heterocycles. The predicted molar refractivity (Wildman–Crippen MR) is 148 cm³/mol. The number of aliphatic hydroxyl groups excluding tert-OH is 3. The molecule has 3 aromatic rings. The lowest BCUT2D eigenvalue weighted by Gasteiger charge is -2.30. The maximum Gasteiger partial charge on any atom is 0.348 e. The molecule has 0 unspecified atom stereocenters. The van der Waals surface area contributed by atoms with Gasteiger partial charge < -0.3 is 39.9 Å². The number of carboxylic acid groups (broad SMARTS) is 2. The number of terminal acetylenes is 1. The molecule has 1 saturated heterocycles. The van der Waals surface area contributed by atoms with Gasteiger partial charge in [-0.05, 0) is 23.6 Å². The summed E-state index contributed by atoms with van der Waals surface area (Å²) in [5.74, 6) is -0.901. The summed E-state index contributed by atoms with van der Waals surface area (Å²) in [7, 11) is 0. The SMILES string of the molecule is C#C[C@@H](O)[C@@H](O[C@@H](CO)COC(Cc1ccccc1)(C(=O)O)C(=O)O)n1cnc2c(N3CC[C@@H](CO)C3)nc(Cl)nc21. The second kappa shape index (κ2) is 13.4. The fraction of sp³-hybridized carbons (Fsp3) is 0.444. The number of ether oxygens (including phenoxy) is 2. The van der Waals surface area contributed by atoms with Gasteiger partial charge in [-0.3, -0.25) is 4.57 Å². The van der Waals surface area contributed by atoms with E-state index in [0.29, 0.717) is 30.0 Å². The molecular formula is C27H30ClN5O9. The summed E-state index contributed by atoms with van der Waals surface area (Å²) in [5, 5.41) is 49.9. The number of halogens is 1. The van der Waals surface area contributed by atoms with E-state index in [0.717, 1.165) is 6.42 Å². The summed E-state index contributed by atoms with van der Waals surface area (Å²) < 4.78 is 12.6. The third kappa shape index (κ3) is 6.46. The smallest absolute Gasteiger partial charge is 0.348 e. The van der Waals surface area contributed by atoms with Gasteiger partial charge in [0, 0.05) is 32.0 Å². The van der Waals surface area contributed by atoms with Crippen LogP contribution in [0.2, 0.25) is 5.28 Å². The van der Waals surface area contributed by atoms with Crippen LogP contribution in [0.3, 0.4) is 0 Å². The number of anilines is 1. The minimum Gasteiger partial charge on any atom is -0.479 e. The van der Waals surface area contributed by atoms with E-state index < -0.39 is 55.6 Å². The Morgan fingerprint density at radius 3 is 2.50 bits per heavy atom. The number of carboxylic acids is 2. The van der Waals surface area contributed by atoms with Crippen molar-refractivity contribution in [3.63, 3.8) is 0 Å². The maximum atomic E-state index is 12.2. The van der Waals surface area contributed by atoms with E-state index in [9.17, 15) is 35.1 Å². The molecular weight excluding hydrogens is 574 g/mol. The zero-order chi connectivity index (χ0) is 30.4. The average Bonchev–Trinajstić information content (AvgIpc) is 3.63. The first-order valence-electron chi connectivity index (χ1n) is 12.9. The Hall–Kier alpha value is -3.84. The Kier molecular flexibility index (Phi) is 9.94. The van der Waals surface area contributed by atoms with E-state index in [1.165, 1.54) is 10.9 Å². The molecule has 1 aliphatic rings. The van der Waals surface area contributed by atoms with Crippen LogP contribution in [0.1, 0.15) is 18.2 Å². The van der Waals surface area contributed by atoms with Gasteiger partial charge in [0.05, 0.1) is 19.5 Å². The normalized spacial score (nSPS) is 17.6. The van der Waals surface area contributed by atoms with Crippen molar-refractivity contribution < 1.29 is 44.6 Å². The quantitative estimate of drug-likeness (QED) is 0.0960. The van der Waals surface area contributed by atoms with Gasteiger partial charge in [-0.2, -0.15) is 9.97 Å². The molecule has 0 aliphatic carbocycles. The highest BCUT2D eigenvalue weighted by molar-refractivity contribution is 6.28. The van der Waals surface area contributed by atoms with Crippen molar-refractivity contribution in [3.8, 4) is 12.3 Å². The van der Waals surface area contributed by atoms with Crippen LogP contribution in [-0.4, -0.2) is 108 Å². The minimum atomic E-state index is -2.70. The van der Waals surface area contributed by atoms with E-state index in [1.807, 2.05) is 4.90 Å². The molecule has 0 spiro atoms. The zero-order valence-electron chi connectivity index (χ0n) is 22.3. The fourth-order valence-corrected chi connectivity index (χ4v) is 4.86. The molecule has 15 heteroatoms. The summed E-state index contributed by atoms with van der Waals surface area (Å²) in [6.07, 6.45) is 2.61. The molecule has 14 nitrogen and oxygen atoms in total. The summed E-state index contributed by atoms with van der Waals surface area (Å²) in [6, 6.07) is 8.06. The monoisotopic (exact) mass is 603 g/mol. The van der Waals surface area contributed by atoms with Crippen LogP contribution in [0, 0.1) is 18.3 Å². The first-order chi connectivity index (χ1) is 20.1. The Balaban J connectivity index is 1.62. The summed E-state index contributed by atoms with van der Waals surface area (Å²) >= 11 is 6.22. The predicted octanol–water partition coefficient (Wildman–Crippen LogP) is 0.336. The van der Waals surface area contributed by atoms with Crippen LogP contribution in [0.25, 0.3) is 11.2 Å². The van der Waals surface area contributed by atoms with E-state index in [1.54, 1.807) is 30.3 Å². The lowest BCUT2D eigenvalue weighted by molar-refractivity contribution is -0.195. The van der Waals surface area contributed by atoms with E-state index >= 15 is 0 Å². The first kappa shape index (κ1) is 31.1. The number of benzene rings is 1. The highest BCUT2D eigenvalue weighted by Gasteiger charge is 2.49. The highest BCUT2D eigenvalue weighted by Crippen LogP contribution is 2.31. The lowest BCUT2D eigenvalue weighted by Crippen LogP contribution is -2.52. The second-order valence-electron chi connectivity index (χ2n) is 9.78. The number of rotatable bonds is 14. The van der Waals surface area contributed by atoms with Crippen molar-refractivity contribution in [1.29, 1.82) is 0 Å². The molecule has 1 aromatic carbocycles. The number of fused-ring (bicyclic) bond motifs is 1. The molecule has 0 bridgehead atoms. The number of imidazole rings is 1. The first-order valence-corrected chi connectivity index (χ1v) is 13.3. The largest absolute Gasteiger partial charge is 0.479 e. The van der Waals surface area contributed by atoms with Gasteiger partial charge in [0.15, 0.2) is 29.3 Å². The van der Waals surface area contributed by atoms with Crippen molar-refractivity contribution >= 4 is 40.5 Å². The van der Waals surface area contributed by atoms with Crippen LogP contribution < -0.4 is 4.90 Å². The van der Waals surface area contributed by atoms with Crippen LogP contribution in [-0.2, 0) is 25.5 Å². The molecule has 42 heavy (non-hydrogen) atoms. The molecule has 1 fully saturated rings. The third-order valence-electron chi connectivity index (χ3n) is 6.97. The van der Waals surface area contributed by atoms with Gasteiger partial charge >= 0.3 is 11.9 Å². The Morgan fingerprint density at radius 2 is 1.90 bits per heavy atom. The Bertz CT molecular complexity index is 1430. The molecule has 0 radical (unpaired) electrons. The molecule has 3 heterocycles. The van der Waals surface area contributed by atoms with Crippen molar-refractivity contribution in [2.75, 3.05) is 37.8 Å². The van der Waals surface area contributed by atoms with Crippen LogP contribution in [0.5, 0.6) is 0 Å². The van der Waals surface area contributed by atoms with Gasteiger partial charge in [-0.25, -0.2) is 14.6 Å². The molecule has 4 atom stereocenters. The summed E-state index contributed by atoms with van der Waals surface area (Å²) in [4.78, 5) is 39.1. The van der Waals surface area contributed by atoms with Gasteiger partial charge in [0.25, 0.3) is 5.60 Å². The number of aromatic nitrogens is 4. The summed E-state index contributed by atoms with van der Waals surface area (Å²) in [6.45, 7) is -0.327. The van der Waals surface area contributed by atoms with Crippen LogP contribution in [0.4, 0.5) is 5.82 Å². The number of aliphatic hydroxyl groups is 3. The number of hydrogen-bond donors (Lipinski definition) is 5. The topological polar surface area (TPSA) is 201 Å². The Labute approximate surface area is 245 Å². The number of nitrogens with zero attached hydrogens (tertiary/aromatic N) is 5. The maximum absolute atomic E-state index is 12.2. The van der Waals surface area contributed by atoms with E-state index in [4.69, 9.17) is 27.5 Å². The molecule has 224 valence electrons. The van der Waals surface area contributed by atoms with Crippen molar-refractivity contribution in [2.45, 2.75) is 36.9 Å². The molecule has 1 aliphatic heterocycles. The number of aliphatic carboxylic acids is 2. The van der Waals surface area contributed by atoms with Crippen LogP contribution >= 0.6 is 11.6 Å². The van der Waals surface area contributed by atoms with Crippen molar-refractivity contribution in [3.05, 3.63) is 47.5 Å². The van der Waals surface area contributed by atoms with Gasteiger partial charge in [0.1, 0.15) is 6.10 Å². The highest BCUT2D eigenvalue weighted by atomic mass is 35.5. The standard InChI is InChI=1S/C27H30ClN5O9/c1-2-19(36)23(33-15-29-20-21(30-26(28)31-22(20)33)32-9-8-17(11-32)12-34)42-18(13-35)14-41-27(24(37)38,25(39)40)10-16-6-4-3-5-7-16/h1,3-7,15,17-19,23,34-36H,8-14H2,(H,37,38)(H,39,40)/t17-,18+,19-,23-/m1/s1.